The van der Waals surface area contributed by atoms with Crippen molar-refractivity contribution in [1.29, 1.82) is 0 Å². The largest absolute Gasteiger partial charge is 0.344 e. The second-order valence-corrected chi connectivity index (χ2v) is 9.35. The molecule has 0 aliphatic carbocycles. The van der Waals surface area contributed by atoms with Crippen molar-refractivity contribution < 1.29 is 9.47 Å². The predicted octanol–water partition coefficient (Wildman–Crippen LogP) is 5.78. The Kier molecular flexibility index (Phi) is 6.28. The molecule has 2 atom stereocenters. The molecular weight excluding hydrogens is 410 g/mol. The molecule has 4 heterocycles. The van der Waals surface area contributed by atoms with E-state index in [1.165, 1.54) is 28.1 Å². The van der Waals surface area contributed by atoms with Crippen LogP contribution in [0.15, 0.2) is 60.9 Å². The number of likely N-dealkylation sites (tertiary alicyclic amines) is 1. The SMILES string of the molecule is Cc1cccnc1C1CCCC(c2ncccc2C)N1Cc1ccccc1C1(C)OCCO1. The maximum Gasteiger partial charge on any atom is 0.192 e. The summed E-state index contributed by atoms with van der Waals surface area (Å²) in [6.45, 7) is 8.42. The van der Waals surface area contributed by atoms with Gasteiger partial charge in [-0.25, -0.2) is 0 Å². The quantitative estimate of drug-likeness (QED) is 0.500. The number of pyridine rings is 2. The molecule has 0 bridgehead atoms. The fourth-order valence-corrected chi connectivity index (χ4v) is 5.52. The highest BCUT2D eigenvalue weighted by molar-refractivity contribution is 5.33. The molecular formula is C28H33N3O2. The second-order valence-electron chi connectivity index (χ2n) is 9.35. The zero-order valence-electron chi connectivity index (χ0n) is 19.8. The van der Waals surface area contributed by atoms with Crippen molar-refractivity contribution in [3.8, 4) is 0 Å². The fourth-order valence-electron chi connectivity index (χ4n) is 5.52. The molecule has 0 saturated carbocycles. The van der Waals surface area contributed by atoms with Crippen LogP contribution in [0.2, 0.25) is 0 Å². The highest BCUT2D eigenvalue weighted by Crippen LogP contribution is 2.44. The van der Waals surface area contributed by atoms with E-state index in [4.69, 9.17) is 19.4 Å². The maximum absolute atomic E-state index is 6.05. The minimum absolute atomic E-state index is 0.234. The summed E-state index contributed by atoms with van der Waals surface area (Å²) in [4.78, 5) is 12.3. The molecule has 172 valence electrons. The molecule has 2 fully saturated rings. The van der Waals surface area contributed by atoms with Gasteiger partial charge in [0.25, 0.3) is 0 Å². The number of rotatable bonds is 5. The second kappa shape index (κ2) is 9.34. The summed E-state index contributed by atoms with van der Waals surface area (Å²) in [6.07, 6.45) is 7.18. The minimum Gasteiger partial charge on any atom is -0.344 e. The van der Waals surface area contributed by atoms with Crippen LogP contribution in [-0.4, -0.2) is 28.1 Å². The van der Waals surface area contributed by atoms with Crippen LogP contribution in [0, 0.1) is 13.8 Å². The molecule has 2 aromatic heterocycles. The molecule has 5 rings (SSSR count). The van der Waals surface area contributed by atoms with Gasteiger partial charge in [-0.15, -0.1) is 0 Å². The Balaban J connectivity index is 1.58. The van der Waals surface area contributed by atoms with Crippen LogP contribution in [0.25, 0.3) is 0 Å². The Morgan fingerprint density at radius 3 is 2.00 bits per heavy atom. The predicted molar refractivity (Wildman–Crippen MR) is 129 cm³/mol. The molecule has 0 spiro atoms. The van der Waals surface area contributed by atoms with Gasteiger partial charge in [0.15, 0.2) is 5.79 Å². The molecule has 2 unspecified atom stereocenters. The third-order valence-electron chi connectivity index (χ3n) is 7.18. The van der Waals surface area contributed by atoms with Crippen molar-refractivity contribution in [1.82, 2.24) is 14.9 Å². The molecule has 2 aliphatic heterocycles. The number of nitrogens with zero attached hydrogens (tertiary/aromatic N) is 3. The standard InChI is InChI=1S/C28H33N3O2/c1-20-9-7-15-29-26(20)24-13-6-14-25(27-21(2)10-8-16-30-27)31(24)19-22-11-4-5-12-23(22)28(3)32-17-18-33-28/h4-5,7-12,15-16,24-25H,6,13-14,17-19H2,1-3H3. The van der Waals surface area contributed by atoms with Gasteiger partial charge in [-0.05, 0) is 68.9 Å². The lowest BCUT2D eigenvalue weighted by atomic mass is 9.87. The number of hydrogen-bond acceptors (Lipinski definition) is 5. The van der Waals surface area contributed by atoms with Gasteiger partial charge in [-0.3, -0.25) is 14.9 Å². The van der Waals surface area contributed by atoms with Gasteiger partial charge in [-0.1, -0.05) is 36.4 Å². The minimum atomic E-state index is -0.695. The first kappa shape index (κ1) is 22.2. The Hall–Kier alpha value is -2.60. The Morgan fingerprint density at radius 1 is 0.848 bits per heavy atom. The first-order valence-electron chi connectivity index (χ1n) is 12.0. The molecule has 3 aromatic rings. The lowest BCUT2D eigenvalue weighted by Gasteiger charge is -2.43. The van der Waals surface area contributed by atoms with E-state index in [9.17, 15) is 0 Å². The normalized spacial score (nSPS) is 23.0. The highest BCUT2D eigenvalue weighted by atomic mass is 16.7. The lowest BCUT2D eigenvalue weighted by Crippen LogP contribution is -2.38. The zero-order chi connectivity index (χ0) is 22.8. The molecule has 2 saturated heterocycles. The summed E-state index contributed by atoms with van der Waals surface area (Å²) >= 11 is 0. The van der Waals surface area contributed by atoms with E-state index >= 15 is 0 Å². The molecule has 1 aromatic carbocycles. The van der Waals surface area contributed by atoms with E-state index < -0.39 is 5.79 Å². The van der Waals surface area contributed by atoms with Crippen LogP contribution in [0.5, 0.6) is 0 Å². The van der Waals surface area contributed by atoms with Crippen LogP contribution in [0.1, 0.15) is 71.9 Å². The average Bonchev–Trinajstić information content (AvgIpc) is 3.28. The molecule has 5 nitrogen and oxygen atoms in total. The third kappa shape index (κ3) is 4.33. The van der Waals surface area contributed by atoms with Crippen LogP contribution < -0.4 is 0 Å². The van der Waals surface area contributed by atoms with E-state index in [0.29, 0.717) is 13.2 Å². The van der Waals surface area contributed by atoms with Crippen LogP contribution in [0.4, 0.5) is 0 Å². The molecule has 0 amide bonds. The summed E-state index contributed by atoms with van der Waals surface area (Å²) < 4.78 is 12.1. The summed E-state index contributed by atoms with van der Waals surface area (Å²) in [7, 11) is 0. The van der Waals surface area contributed by atoms with E-state index in [-0.39, 0.29) is 12.1 Å². The van der Waals surface area contributed by atoms with Gasteiger partial charge in [-0.2, -0.15) is 0 Å². The molecule has 0 N–H and O–H groups in total. The van der Waals surface area contributed by atoms with Gasteiger partial charge < -0.3 is 9.47 Å². The smallest absolute Gasteiger partial charge is 0.192 e. The third-order valence-corrected chi connectivity index (χ3v) is 7.18. The van der Waals surface area contributed by atoms with Crippen molar-refractivity contribution in [2.24, 2.45) is 0 Å². The monoisotopic (exact) mass is 443 g/mol. The lowest BCUT2D eigenvalue weighted by molar-refractivity contribution is -0.150. The molecule has 33 heavy (non-hydrogen) atoms. The molecule has 0 radical (unpaired) electrons. The fraction of sp³-hybridized carbons (Fsp3) is 0.429. The Morgan fingerprint density at radius 2 is 1.42 bits per heavy atom. The number of aryl methyl sites for hydroxylation is 2. The van der Waals surface area contributed by atoms with Crippen molar-refractivity contribution in [3.63, 3.8) is 0 Å². The Labute approximate surface area is 196 Å². The van der Waals surface area contributed by atoms with Crippen molar-refractivity contribution in [2.45, 2.75) is 64.4 Å². The first-order valence-corrected chi connectivity index (χ1v) is 12.0. The molecule has 2 aliphatic rings. The van der Waals surface area contributed by atoms with Gasteiger partial charge in [0.2, 0.25) is 0 Å². The van der Waals surface area contributed by atoms with Gasteiger partial charge in [0.1, 0.15) is 0 Å². The van der Waals surface area contributed by atoms with Gasteiger partial charge in [0.05, 0.1) is 36.7 Å². The van der Waals surface area contributed by atoms with Crippen LogP contribution in [0.3, 0.4) is 0 Å². The average molecular weight is 444 g/mol. The van der Waals surface area contributed by atoms with E-state index in [0.717, 1.165) is 31.4 Å². The summed E-state index contributed by atoms with van der Waals surface area (Å²) in [6, 6.07) is 17.4. The number of benzene rings is 1. The van der Waals surface area contributed by atoms with E-state index in [2.05, 4.69) is 55.1 Å². The van der Waals surface area contributed by atoms with E-state index in [1.807, 2.05) is 31.5 Å². The van der Waals surface area contributed by atoms with Crippen LogP contribution >= 0.6 is 0 Å². The summed E-state index contributed by atoms with van der Waals surface area (Å²) in [5.41, 5.74) is 7.19. The van der Waals surface area contributed by atoms with Gasteiger partial charge in [0, 0.05) is 24.5 Å². The Bertz CT molecular complexity index is 1060. The first-order chi connectivity index (χ1) is 16.1. The number of aromatic nitrogens is 2. The topological polar surface area (TPSA) is 47.5 Å². The van der Waals surface area contributed by atoms with Gasteiger partial charge >= 0.3 is 0 Å². The summed E-state index contributed by atoms with van der Waals surface area (Å²) in [5, 5.41) is 0. The summed E-state index contributed by atoms with van der Waals surface area (Å²) in [5.74, 6) is -0.695. The highest BCUT2D eigenvalue weighted by Gasteiger charge is 2.39. The zero-order valence-corrected chi connectivity index (χ0v) is 19.8. The van der Waals surface area contributed by atoms with Crippen LogP contribution in [-0.2, 0) is 21.8 Å². The van der Waals surface area contributed by atoms with E-state index in [1.54, 1.807) is 0 Å². The van der Waals surface area contributed by atoms with Crippen molar-refractivity contribution in [2.75, 3.05) is 13.2 Å². The van der Waals surface area contributed by atoms with Crippen molar-refractivity contribution >= 4 is 0 Å². The van der Waals surface area contributed by atoms with Crippen molar-refractivity contribution in [3.05, 3.63) is 94.6 Å². The maximum atomic E-state index is 6.05. The number of ether oxygens (including phenoxy) is 2. The number of hydrogen-bond donors (Lipinski definition) is 0. The number of piperidine rings is 1. The molecule has 5 heteroatoms.